The summed E-state index contributed by atoms with van der Waals surface area (Å²) in [7, 11) is 0. The van der Waals surface area contributed by atoms with Crippen LogP contribution in [-0.4, -0.2) is 31.0 Å². The lowest BCUT2D eigenvalue weighted by molar-refractivity contribution is 0.322. The summed E-state index contributed by atoms with van der Waals surface area (Å²) in [6.07, 6.45) is 9.88. The Morgan fingerprint density at radius 2 is 2.22 bits per heavy atom. The molecule has 3 heterocycles. The Kier molecular flexibility index (Phi) is 2.45. The highest BCUT2D eigenvalue weighted by molar-refractivity contribution is 5.80. The Hall–Kier alpha value is -2.76. The molecule has 0 saturated carbocycles. The van der Waals surface area contributed by atoms with Gasteiger partial charge in [-0.2, -0.15) is 5.10 Å². The number of hydrogen-bond acceptors (Lipinski definition) is 5. The molecule has 1 N–H and O–H groups in total. The molecule has 3 aromatic heterocycles. The summed E-state index contributed by atoms with van der Waals surface area (Å²) in [5.74, 6) is 0. The van der Waals surface area contributed by atoms with E-state index < -0.39 is 0 Å². The minimum Gasteiger partial charge on any atom is -0.411 e. The van der Waals surface area contributed by atoms with Gasteiger partial charge in [0.25, 0.3) is 0 Å². The fourth-order valence-electron chi connectivity index (χ4n) is 1.75. The van der Waals surface area contributed by atoms with Gasteiger partial charge in [0.2, 0.25) is 0 Å². The molecule has 0 atom stereocenters. The van der Waals surface area contributed by atoms with E-state index in [0.29, 0.717) is 5.56 Å². The van der Waals surface area contributed by atoms with E-state index >= 15 is 0 Å². The maximum absolute atomic E-state index is 8.48. The van der Waals surface area contributed by atoms with Gasteiger partial charge in [-0.3, -0.25) is 4.98 Å². The molecule has 0 unspecified atom stereocenters. The molecule has 6 heteroatoms. The van der Waals surface area contributed by atoms with Crippen molar-refractivity contribution in [1.29, 1.82) is 0 Å². The third-order valence-electron chi connectivity index (χ3n) is 2.56. The van der Waals surface area contributed by atoms with Crippen molar-refractivity contribution < 1.29 is 5.21 Å². The molecule has 0 bridgehead atoms. The molecular weight excluding hydrogens is 230 g/mol. The van der Waals surface area contributed by atoms with Crippen LogP contribution in [0, 0.1) is 0 Å². The van der Waals surface area contributed by atoms with Crippen LogP contribution in [0.4, 0.5) is 0 Å². The molecule has 0 aliphatic rings. The molecular formula is C12H9N5O. The highest BCUT2D eigenvalue weighted by atomic mass is 16.4. The van der Waals surface area contributed by atoms with Crippen molar-refractivity contribution in [3.63, 3.8) is 0 Å². The van der Waals surface area contributed by atoms with E-state index in [1.165, 1.54) is 6.21 Å². The van der Waals surface area contributed by atoms with Gasteiger partial charge in [0.05, 0.1) is 12.4 Å². The Bertz CT molecular complexity index is 705. The first-order valence-electron chi connectivity index (χ1n) is 5.30. The quantitative estimate of drug-likeness (QED) is 0.418. The molecule has 0 saturated heterocycles. The highest BCUT2D eigenvalue weighted by Gasteiger charge is 2.07. The van der Waals surface area contributed by atoms with Gasteiger partial charge in [-0.15, -0.1) is 0 Å². The second kappa shape index (κ2) is 4.25. The van der Waals surface area contributed by atoms with Gasteiger partial charge in [0, 0.05) is 41.5 Å². The van der Waals surface area contributed by atoms with Crippen LogP contribution in [0.1, 0.15) is 5.56 Å². The first kappa shape index (κ1) is 10.4. The summed E-state index contributed by atoms with van der Waals surface area (Å²) in [6.45, 7) is 0. The van der Waals surface area contributed by atoms with E-state index in [4.69, 9.17) is 5.21 Å². The number of fused-ring (bicyclic) bond motifs is 1. The number of pyridine rings is 1. The molecule has 0 amide bonds. The van der Waals surface area contributed by atoms with Crippen LogP contribution < -0.4 is 0 Å². The van der Waals surface area contributed by atoms with Crippen molar-refractivity contribution in [1.82, 2.24) is 19.6 Å². The Morgan fingerprint density at radius 3 is 3.00 bits per heavy atom. The lowest BCUT2D eigenvalue weighted by Gasteiger charge is -1.98. The van der Waals surface area contributed by atoms with Crippen LogP contribution in [-0.2, 0) is 0 Å². The van der Waals surface area contributed by atoms with Crippen molar-refractivity contribution >= 4 is 11.9 Å². The molecule has 0 spiro atoms. The number of nitrogens with zero attached hydrogens (tertiary/aromatic N) is 5. The SMILES string of the molecule is ON=Cc1cnc2c(-c3cccnc3)cnn2c1. The maximum Gasteiger partial charge on any atom is 0.162 e. The number of oxime groups is 1. The van der Waals surface area contributed by atoms with Gasteiger partial charge in [-0.05, 0) is 6.07 Å². The summed E-state index contributed by atoms with van der Waals surface area (Å²) in [5.41, 5.74) is 3.28. The van der Waals surface area contributed by atoms with Crippen LogP contribution in [0.5, 0.6) is 0 Å². The molecule has 3 rings (SSSR count). The summed E-state index contributed by atoms with van der Waals surface area (Å²) in [5, 5.41) is 15.7. The van der Waals surface area contributed by atoms with E-state index in [0.717, 1.165) is 16.8 Å². The Morgan fingerprint density at radius 1 is 1.28 bits per heavy atom. The fraction of sp³-hybridized carbons (Fsp3) is 0. The van der Waals surface area contributed by atoms with Gasteiger partial charge in [-0.25, -0.2) is 9.50 Å². The van der Waals surface area contributed by atoms with Crippen molar-refractivity contribution in [2.45, 2.75) is 0 Å². The molecule has 0 fully saturated rings. The smallest absolute Gasteiger partial charge is 0.162 e. The minimum absolute atomic E-state index is 0.672. The third kappa shape index (κ3) is 1.69. The molecule has 88 valence electrons. The third-order valence-corrected chi connectivity index (χ3v) is 2.56. The van der Waals surface area contributed by atoms with Crippen molar-refractivity contribution in [3.05, 3.63) is 48.7 Å². The zero-order valence-corrected chi connectivity index (χ0v) is 9.30. The van der Waals surface area contributed by atoms with Crippen LogP contribution in [0.15, 0.2) is 48.3 Å². The monoisotopic (exact) mass is 239 g/mol. The molecule has 0 aromatic carbocycles. The summed E-state index contributed by atoms with van der Waals surface area (Å²) < 4.78 is 1.64. The van der Waals surface area contributed by atoms with Gasteiger partial charge < -0.3 is 5.21 Å². The van der Waals surface area contributed by atoms with Gasteiger partial charge in [-0.1, -0.05) is 11.2 Å². The molecule has 0 aliphatic heterocycles. The molecule has 0 radical (unpaired) electrons. The average molecular weight is 239 g/mol. The number of aromatic nitrogens is 4. The predicted molar refractivity (Wildman–Crippen MR) is 65.6 cm³/mol. The topological polar surface area (TPSA) is 75.7 Å². The standard InChI is InChI=1S/C12H9N5O/c18-16-5-9-4-14-12-11(7-15-17(12)8-9)10-2-1-3-13-6-10/h1-8,18H. The largest absolute Gasteiger partial charge is 0.411 e. The molecule has 0 aliphatic carbocycles. The van der Waals surface area contributed by atoms with E-state index in [1.807, 2.05) is 12.1 Å². The van der Waals surface area contributed by atoms with E-state index in [9.17, 15) is 0 Å². The normalized spacial score (nSPS) is 11.3. The van der Waals surface area contributed by atoms with E-state index in [1.54, 1.807) is 35.5 Å². The van der Waals surface area contributed by atoms with Crippen molar-refractivity contribution in [2.24, 2.45) is 5.16 Å². The molecule has 6 nitrogen and oxygen atoms in total. The van der Waals surface area contributed by atoms with Crippen molar-refractivity contribution in [3.8, 4) is 11.1 Å². The van der Waals surface area contributed by atoms with Crippen LogP contribution in [0.2, 0.25) is 0 Å². The lowest BCUT2D eigenvalue weighted by Crippen LogP contribution is -1.94. The Balaban J connectivity index is 2.16. The van der Waals surface area contributed by atoms with E-state index in [2.05, 4.69) is 20.2 Å². The van der Waals surface area contributed by atoms with Crippen LogP contribution >= 0.6 is 0 Å². The van der Waals surface area contributed by atoms with Crippen LogP contribution in [0.25, 0.3) is 16.8 Å². The zero-order valence-electron chi connectivity index (χ0n) is 9.30. The number of hydrogen-bond donors (Lipinski definition) is 1. The first-order chi connectivity index (χ1) is 8.88. The number of rotatable bonds is 2. The van der Waals surface area contributed by atoms with Gasteiger partial charge in [0.1, 0.15) is 0 Å². The average Bonchev–Trinajstić information content (AvgIpc) is 2.83. The Labute approximate surface area is 102 Å². The second-order valence-electron chi connectivity index (χ2n) is 3.70. The van der Waals surface area contributed by atoms with Gasteiger partial charge >= 0.3 is 0 Å². The second-order valence-corrected chi connectivity index (χ2v) is 3.70. The minimum atomic E-state index is 0.672. The summed E-state index contributed by atoms with van der Waals surface area (Å²) >= 11 is 0. The lowest BCUT2D eigenvalue weighted by atomic mass is 10.1. The predicted octanol–water partition coefficient (Wildman–Crippen LogP) is 1.60. The maximum atomic E-state index is 8.48. The van der Waals surface area contributed by atoms with E-state index in [-0.39, 0.29) is 0 Å². The first-order valence-corrected chi connectivity index (χ1v) is 5.30. The summed E-state index contributed by atoms with van der Waals surface area (Å²) in [4.78, 5) is 8.38. The summed E-state index contributed by atoms with van der Waals surface area (Å²) in [6, 6.07) is 3.82. The highest BCUT2D eigenvalue weighted by Crippen LogP contribution is 2.21. The molecule has 18 heavy (non-hydrogen) atoms. The zero-order chi connectivity index (χ0) is 12.4. The van der Waals surface area contributed by atoms with Crippen molar-refractivity contribution in [2.75, 3.05) is 0 Å². The van der Waals surface area contributed by atoms with Gasteiger partial charge in [0.15, 0.2) is 5.65 Å². The molecule has 3 aromatic rings. The fourth-order valence-corrected chi connectivity index (χ4v) is 1.75. The van der Waals surface area contributed by atoms with Crippen LogP contribution in [0.3, 0.4) is 0 Å².